The normalized spacial score (nSPS) is 33.6. The molecule has 3 rings (SSSR count). The molecule has 4 N–H and O–H groups in total. The van der Waals surface area contributed by atoms with Gasteiger partial charge in [-0.1, -0.05) is 6.07 Å². The van der Waals surface area contributed by atoms with Crippen molar-refractivity contribution in [1.29, 1.82) is 0 Å². The summed E-state index contributed by atoms with van der Waals surface area (Å²) in [7, 11) is 0. The summed E-state index contributed by atoms with van der Waals surface area (Å²) in [5.74, 6) is -0.0845. The molecule has 2 saturated heterocycles. The van der Waals surface area contributed by atoms with Crippen LogP contribution in [0.2, 0.25) is 0 Å². The van der Waals surface area contributed by atoms with Crippen molar-refractivity contribution in [3.8, 4) is 0 Å². The molecule has 2 aliphatic heterocycles. The number of fused-ring (bicyclic) bond motifs is 1. The Hall–Kier alpha value is -1.54. The Morgan fingerprint density at radius 3 is 3.05 bits per heavy atom. The average Bonchev–Trinajstić information content (AvgIpc) is 3.05. The van der Waals surface area contributed by atoms with Gasteiger partial charge < -0.3 is 25.6 Å². The van der Waals surface area contributed by atoms with Gasteiger partial charge >= 0.3 is 0 Å². The number of nitrogens with one attached hydrogen (secondary N) is 1. The van der Waals surface area contributed by atoms with Crippen molar-refractivity contribution in [1.82, 2.24) is 10.3 Å². The molecule has 2 aliphatic rings. The highest BCUT2D eigenvalue weighted by Gasteiger charge is 2.50. The van der Waals surface area contributed by atoms with Crippen LogP contribution in [-0.4, -0.2) is 53.1 Å². The molecule has 0 bridgehead atoms. The second kappa shape index (κ2) is 6.70. The van der Waals surface area contributed by atoms with Gasteiger partial charge in [0, 0.05) is 31.9 Å². The highest BCUT2D eigenvalue weighted by Crippen LogP contribution is 2.35. The number of ether oxygens (including phenoxy) is 2. The van der Waals surface area contributed by atoms with E-state index in [1.165, 1.54) is 0 Å². The monoisotopic (exact) mass is 307 g/mol. The van der Waals surface area contributed by atoms with Crippen LogP contribution in [0.4, 0.5) is 0 Å². The number of aromatic nitrogens is 1. The second-order valence-electron chi connectivity index (χ2n) is 5.74. The lowest BCUT2D eigenvalue weighted by Gasteiger charge is -2.18. The lowest BCUT2D eigenvalue weighted by atomic mass is 10.1. The molecule has 3 heterocycles. The summed E-state index contributed by atoms with van der Waals surface area (Å²) in [6, 6.07) is 3.73. The second-order valence-corrected chi connectivity index (χ2v) is 5.74. The molecule has 120 valence electrons. The molecule has 5 unspecified atom stereocenters. The van der Waals surface area contributed by atoms with Crippen LogP contribution in [0.3, 0.4) is 0 Å². The fourth-order valence-corrected chi connectivity index (χ4v) is 3.02. The topological polar surface area (TPSA) is 107 Å². The van der Waals surface area contributed by atoms with Gasteiger partial charge in [-0.05, 0) is 11.6 Å². The highest BCUT2D eigenvalue weighted by atomic mass is 16.6. The van der Waals surface area contributed by atoms with Gasteiger partial charge in [-0.2, -0.15) is 0 Å². The Bertz CT molecular complexity index is 513. The van der Waals surface area contributed by atoms with Gasteiger partial charge in [0.25, 0.3) is 0 Å². The van der Waals surface area contributed by atoms with E-state index in [0.717, 1.165) is 5.56 Å². The van der Waals surface area contributed by atoms with Crippen molar-refractivity contribution in [2.24, 2.45) is 5.73 Å². The summed E-state index contributed by atoms with van der Waals surface area (Å²) < 4.78 is 11.4. The van der Waals surface area contributed by atoms with Crippen LogP contribution in [0, 0.1) is 0 Å². The Morgan fingerprint density at radius 2 is 2.36 bits per heavy atom. The minimum Gasteiger partial charge on any atom is -0.388 e. The van der Waals surface area contributed by atoms with Gasteiger partial charge in [-0.25, -0.2) is 0 Å². The lowest BCUT2D eigenvalue weighted by molar-refractivity contribution is -0.124. The SMILES string of the molecule is NCC1OC2CC(CC(=O)NCc3cccnc3)OC2C1O. The zero-order valence-electron chi connectivity index (χ0n) is 12.2. The molecule has 0 aliphatic carbocycles. The quantitative estimate of drug-likeness (QED) is 0.666. The Labute approximate surface area is 128 Å². The minimum absolute atomic E-state index is 0.0845. The molecule has 1 aromatic heterocycles. The third-order valence-corrected chi connectivity index (χ3v) is 4.14. The third kappa shape index (κ3) is 3.27. The zero-order chi connectivity index (χ0) is 15.5. The first-order valence-corrected chi connectivity index (χ1v) is 7.52. The third-order valence-electron chi connectivity index (χ3n) is 4.14. The number of carbonyl (C=O) groups excluding carboxylic acids is 1. The van der Waals surface area contributed by atoms with Crippen molar-refractivity contribution in [2.45, 2.75) is 49.9 Å². The van der Waals surface area contributed by atoms with Crippen molar-refractivity contribution in [3.63, 3.8) is 0 Å². The molecule has 1 amide bonds. The predicted octanol–water partition coefficient (Wildman–Crippen LogP) is -0.668. The molecular weight excluding hydrogens is 286 g/mol. The average molecular weight is 307 g/mol. The standard InChI is InChI=1S/C15H21N3O4/c16-6-12-14(20)15-11(22-12)4-10(21-15)5-13(19)18-8-9-2-1-3-17-7-9/h1-3,7,10-12,14-15,20H,4-6,8,16H2,(H,18,19). The molecule has 0 radical (unpaired) electrons. The fraction of sp³-hybridized carbons (Fsp3) is 0.600. The summed E-state index contributed by atoms with van der Waals surface area (Å²) in [6.07, 6.45) is 2.44. The first kappa shape index (κ1) is 15.4. The molecule has 0 saturated carbocycles. The summed E-state index contributed by atoms with van der Waals surface area (Å²) >= 11 is 0. The minimum atomic E-state index is -0.710. The van der Waals surface area contributed by atoms with E-state index in [9.17, 15) is 9.90 Å². The van der Waals surface area contributed by atoms with Crippen LogP contribution in [0.1, 0.15) is 18.4 Å². The van der Waals surface area contributed by atoms with E-state index in [2.05, 4.69) is 10.3 Å². The van der Waals surface area contributed by atoms with E-state index < -0.39 is 6.10 Å². The van der Waals surface area contributed by atoms with Crippen LogP contribution in [0.25, 0.3) is 0 Å². The number of nitrogens with zero attached hydrogens (tertiary/aromatic N) is 1. The zero-order valence-corrected chi connectivity index (χ0v) is 12.2. The van der Waals surface area contributed by atoms with Crippen LogP contribution >= 0.6 is 0 Å². The summed E-state index contributed by atoms with van der Waals surface area (Å²) in [5.41, 5.74) is 6.48. The van der Waals surface area contributed by atoms with Crippen molar-refractivity contribution >= 4 is 5.91 Å². The molecule has 5 atom stereocenters. The van der Waals surface area contributed by atoms with Gasteiger partial charge in [0.2, 0.25) is 5.91 Å². The highest BCUT2D eigenvalue weighted by molar-refractivity contribution is 5.76. The molecule has 7 nitrogen and oxygen atoms in total. The maximum Gasteiger partial charge on any atom is 0.222 e. The van der Waals surface area contributed by atoms with Crippen LogP contribution in [0.15, 0.2) is 24.5 Å². The number of pyridine rings is 1. The Kier molecular flexibility index (Phi) is 4.68. The smallest absolute Gasteiger partial charge is 0.222 e. The maximum atomic E-state index is 12.0. The van der Waals surface area contributed by atoms with Crippen molar-refractivity contribution in [3.05, 3.63) is 30.1 Å². The number of aliphatic hydroxyl groups is 1. The van der Waals surface area contributed by atoms with Crippen LogP contribution in [0.5, 0.6) is 0 Å². The van der Waals surface area contributed by atoms with Gasteiger partial charge in [-0.15, -0.1) is 0 Å². The first-order valence-electron chi connectivity index (χ1n) is 7.52. The lowest BCUT2D eigenvalue weighted by Crippen LogP contribution is -2.37. The van der Waals surface area contributed by atoms with Crippen molar-refractivity contribution < 1.29 is 19.4 Å². The largest absolute Gasteiger partial charge is 0.388 e. The fourth-order valence-electron chi connectivity index (χ4n) is 3.02. The molecular formula is C15H21N3O4. The number of amides is 1. The summed E-state index contributed by atoms with van der Waals surface area (Å²) in [6.45, 7) is 0.717. The predicted molar refractivity (Wildman–Crippen MR) is 77.7 cm³/mol. The van der Waals surface area contributed by atoms with Crippen molar-refractivity contribution in [2.75, 3.05) is 6.54 Å². The van der Waals surface area contributed by atoms with E-state index >= 15 is 0 Å². The van der Waals surface area contributed by atoms with E-state index in [1.54, 1.807) is 12.4 Å². The number of hydrogen-bond donors (Lipinski definition) is 3. The summed E-state index contributed by atoms with van der Waals surface area (Å²) in [5, 5.41) is 12.9. The number of aliphatic hydroxyl groups excluding tert-OH is 1. The number of carbonyl (C=O) groups is 1. The van der Waals surface area contributed by atoms with E-state index in [4.69, 9.17) is 15.2 Å². The molecule has 7 heteroatoms. The maximum absolute atomic E-state index is 12.0. The molecule has 0 aromatic carbocycles. The molecule has 1 aromatic rings. The van der Waals surface area contributed by atoms with E-state index in [0.29, 0.717) is 13.0 Å². The van der Waals surface area contributed by atoms with Gasteiger partial charge in [0.05, 0.1) is 24.7 Å². The Morgan fingerprint density at radius 1 is 1.50 bits per heavy atom. The van der Waals surface area contributed by atoms with Gasteiger partial charge in [0.15, 0.2) is 0 Å². The number of hydrogen-bond acceptors (Lipinski definition) is 6. The first-order chi connectivity index (χ1) is 10.7. The molecule has 0 spiro atoms. The summed E-state index contributed by atoms with van der Waals surface area (Å²) in [4.78, 5) is 16.0. The van der Waals surface area contributed by atoms with E-state index in [-0.39, 0.29) is 43.3 Å². The van der Waals surface area contributed by atoms with Gasteiger partial charge in [0.1, 0.15) is 12.2 Å². The number of rotatable bonds is 5. The van der Waals surface area contributed by atoms with Crippen LogP contribution < -0.4 is 11.1 Å². The van der Waals surface area contributed by atoms with E-state index in [1.807, 2.05) is 12.1 Å². The molecule has 2 fully saturated rings. The number of nitrogens with two attached hydrogens (primary N) is 1. The van der Waals surface area contributed by atoms with Gasteiger partial charge in [-0.3, -0.25) is 9.78 Å². The molecule has 22 heavy (non-hydrogen) atoms. The van der Waals surface area contributed by atoms with Crippen LogP contribution in [-0.2, 0) is 20.8 Å². The Balaban J connectivity index is 1.44.